The molecule has 1 aliphatic rings. The molecule has 0 aliphatic carbocycles. The van der Waals surface area contributed by atoms with E-state index in [9.17, 15) is 4.79 Å². The number of thiophene rings is 1. The average Bonchev–Trinajstić information content (AvgIpc) is 3.13. The SMILES string of the molecule is CC(NC(=O)c1cc(N2CCOCC2)ccn1)c1cc2ccccc2s1. The number of hydrogen-bond donors (Lipinski definition) is 1. The molecule has 0 bridgehead atoms. The van der Waals surface area contributed by atoms with Gasteiger partial charge in [0, 0.05) is 34.6 Å². The van der Waals surface area contributed by atoms with Crippen molar-refractivity contribution >= 4 is 33.0 Å². The van der Waals surface area contributed by atoms with Crippen molar-refractivity contribution in [3.8, 4) is 0 Å². The van der Waals surface area contributed by atoms with E-state index in [-0.39, 0.29) is 11.9 Å². The fraction of sp³-hybridized carbons (Fsp3) is 0.300. The summed E-state index contributed by atoms with van der Waals surface area (Å²) in [5.74, 6) is -0.148. The number of aromatic nitrogens is 1. The molecule has 5 nitrogen and oxygen atoms in total. The first-order valence-electron chi connectivity index (χ1n) is 8.79. The maximum absolute atomic E-state index is 12.7. The van der Waals surface area contributed by atoms with Crippen LogP contribution in [0, 0.1) is 0 Å². The highest BCUT2D eigenvalue weighted by Crippen LogP contribution is 2.29. The Morgan fingerprint density at radius 1 is 1.23 bits per heavy atom. The largest absolute Gasteiger partial charge is 0.378 e. The summed E-state index contributed by atoms with van der Waals surface area (Å²) in [4.78, 5) is 20.3. The summed E-state index contributed by atoms with van der Waals surface area (Å²) >= 11 is 1.71. The number of pyridine rings is 1. The van der Waals surface area contributed by atoms with Crippen molar-refractivity contribution < 1.29 is 9.53 Å². The topological polar surface area (TPSA) is 54.5 Å². The van der Waals surface area contributed by atoms with Crippen LogP contribution in [0.5, 0.6) is 0 Å². The van der Waals surface area contributed by atoms with Crippen LogP contribution in [0.3, 0.4) is 0 Å². The number of fused-ring (bicyclic) bond motifs is 1. The smallest absolute Gasteiger partial charge is 0.270 e. The summed E-state index contributed by atoms with van der Waals surface area (Å²) in [7, 11) is 0. The van der Waals surface area contributed by atoms with Crippen molar-refractivity contribution in [2.45, 2.75) is 13.0 Å². The third-order valence-corrected chi connectivity index (χ3v) is 5.87. The number of benzene rings is 1. The molecule has 4 rings (SSSR count). The Hall–Kier alpha value is -2.44. The first kappa shape index (κ1) is 17.0. The standard InChI is InChI=1S/C20H21N3O2S/c1-14(19-12-15-4-2-3-5-18(15)26-19)22-20(24)17-13-16(6-7-21-17)23-8-10-25-11-9-23/h2-7,12-14H,8-11H2,1H3,(H,22,24). The number of anilines is 1. The van der Waals surface area contributed by atoms with E-state index >= 15 is 0 Å². The zero-order valence-corrected chi connectivity index (χ0v) is 15.5. The van der Waals surface area contributed by atoms with Crippen LogP contribution in [-0.4, -0.2) is 37.2 Å². The second kappa shape index (κ2) is 7.43. The Bertz CT molecular complexity index is 885. The van der Waals surface area contributed by atoms with Gasteiger partial charge >= 0.3 is 0 Å². The first-order valence-corrected chi connectivity index (χ1v) is 9.60. The highest BCUT2D eigenvalue weighted by molar-refractivity contribution is 7.19. The van der Waals surface area contributed by atoms with Gasteiger partial charge in [-0.25, -0.2) is 0 Å². The number of amides is 1. The van der Waals surface area contributed by atoms with E-state index in [0.29, 0.717) is 18.9 Å². The van der Waals surface area contributed by atoms with E-state index in [0.717, 1.165) is 23.7 Å². The second-order valence-corrected chi connectivity index (χ2v) is 7.50. The number of ether oxygens (including phenoxy) is 1. The van der Waals surface area contributed by atoms with Crippen LogP contribution in [-0.2, 0) is 4.74 Å². The van der Waals surface area contributed by atoms with Gasteiger partial charge in [-0.1, -0.05) is 18.2 Å². The van der Waals surface area contributed by atoms with Gasteiger partial charge in [0.05, 0.1) is 19.3 Å². The minimum atomic E-state index is -0.148. The van der Waals surface area contributed by atoms with Crippen LogP contribution in [0.2, 0.25) is 0 Å². The molecule has 1 amide bonds. The normalized spacial score (nSPS) is 15.8. The molecule has 3 heterocycles. The summed E-state index contributed by atoms with van der Waals surface area (Å²) in [6, 6.07) is 14.1. The predicted octanol–water partition coefficient (Wildman–Crippen LogP) is 3.62. The number of rotatable bonds is 4. The van der Waals surface area contributed by atoms with Gasteiger partial charge in [0.1, 0.15) is 5.69 Å². The molecule has 1 atom stereocenters. The monoisotopic (exact) mass is 367 g/mol. The molecule has 134 valence electrons. The molecule has 0 radical (unpaired) electrons. The number of carbonyl (C=O) groups excluding carboxylic acids is 1. The van der Waals surface area contributed by atoms with E-state index in [2.05, 4.69) is 33.4 Å². The minimum absolute atomic E-state index is 0.0613. The molecular weight excluding hydrogens is 346 g/mol. The van der Waals surface area contributed by atoms with E-state index in [4.69, 9.17) is 4.74 Å². The van der Waals surface area contributed by atoms with Crippen LogP contribution in [0.4, 0.5) is 5.69 Å². The maximum atomic E-state index is 12.7. The van der Waals surface area contributed by atoms with Gasteiger partial charge in [-0.2, -0.15) is 0 Å². The molecule has 1 aromatic carbocycles. The molecule has 26 heavy (non-hydrogen) atoms. The fourth-order valence-corrected chi connectivity index (χ4v) is 4.19. The van der Waals surface area contributed by atoms with Gasteiger partial charge in [0.25, 0.3) is 5.91 Å². The van der Waals surface area contributed by atoms with E-state index in [1.807, 2.05) is 31.2 Å². The lowest BCUT2D eigenvalue weighted by atomic mass is 10.2. The van der Waals surface area contributed by atoms with E-state index in [1.165, 1.54) is 10.1 Å². The third-order valence-electron chi connectivity index (χ3n) is 4.57. The lowest BCUT2D eigenvalue weighted by Gasteiger charge is -2.28. The average molecular weight is 367 g/mol. The van der Waals surface area contributed by atoms with Crippen molar-refractivity contribution in [2.24, 2.45) is 0 Å². The highest BCUT2D eigenvalue weighted by atomic mass is 32.1. The van der Waals surface area contributed by atoms with Crippen LogP contribution in [0.1, 0.15) is 28.3 Å². The second-order valence-electron chi connectivity index (χ2n) is 6.38. The van der Waals surface area contributed by atoms with Crippen LogP contribution in [0.15, 0.2) is 48.7 Å². The summed E-state index contributed by atoms with van der Waals surface area (Å²) in [6.45, 7) is 5.11. The molecule has 1 saturated heterocycles. The summed E-state index contributed by atoms with van der Waals surface area (Å²) < 4.78 is 6.62. The molecule has 1 fully saturated rings. The zero-order valence-electron chi connectivity index (χ0n) is 14.6. The van der Waals surface area contributed by atoms with E-state index < -0.39 is 0 Å². The van der Waals surface area contributed by atoms with Crippen molar-refractivity contribution in [3.05, 3.63) is 59.2 Å². The maximum Gasteiger partial charge on any atom is 0.270 e. The number of nitrogens with one attached hydrogen (secondary N) is 1. The molecular formula is C20H21N3O2S. The predicted molar refractivity (Wildman–Crippen MR) is 105 cm³/mol. The molecule has 0 spiro atoms. The van der Waals surface area contributed by atoms with Gasteiger partial charge in [0.15, 0.2) is 0 Å². The summed E-state index contributed by atoms with van der Waals surface area (Å²) in [6.07, 6.45) is 1.70. The Kier molecular flexibility index (Phi) is 4.86. The summed E-state index contributed by atoms with van der Waals surface area (Å²) in [5.41, 5.74) is 1.46. The van der Waals surface area contributed by atoms with Crippen molar-refractivity contribution in [1.82, 2.24) is 10.3 Å². The fourth-order valence-electron chi connectivity index (χ4n) is 3.12. The quantitative estimate of drug-likeness (QED) is 0.765. The Morgan fingerprint density at radius 3 is 2.85 bits per heavy atom. The Morgan fingerprint density at radius 2 is 2.04 bits per heavy atom. The van der Waals surface area contributed by atoms with Gasteiger partial charge in [-0.05, 0) is 36.6 Å². The first-order chi connectivity index (χ1) is 12.7. The Balaban J connectivity index is 1.48. The number of nitrogens with zero attached hydrogens (tertiary/aromatic N) is 2. The molecule has 6 heteroatoms. The van der Waals surface area contributed by atoms with Gasteiger partial charge in [0.2, 0.25) is 0 Å². The van der Waals surface area contributed by atoms with Crippen molar-refractivity contribution in [2.75, 3.05) is 31.2 Å². The Labute approximate surface area is 156 Å². The minimum Gasteiger partial charge on any atom is -0.378 e. The molecule has 2 aromatic heterocycles. The van der Waals surface area contributed by atoms with E-state index in [1.54, 1.807) is 17.5 Å². The van der Waals surface area contributed by atoms with Gasteiger partial charge in [-0.3, -0.25) is 9.78 Å². The number of morpholine rings is 1. The number of carbonyl (C=O) groups is 1. The van der Waals surface area contributed by atoms with Crippen LogP contribution < -0.4 is 10.2 Å². The van der Waals surface area contributed by atoms with Crippen molar-refractivity contribution in [3.63, 3.8) is 0 Å². The van der Waals surface area contributed by atoms with Crippen LogP contribution >= 0.6 is 11.3 Å². The third kappa shape index (κ3) is 3.57. The van der Waals surface area contributed by atoms with Crippen molar-refractivity contribution in [1.29, 1.82) is 0 Å². The zero-order chi connectivity index (χ0) is 17.9. The van der Waals surface area contributed by atoms with Crippen LogP contribution in [0.25, 0.3) is 10.1 Å². The molecule has 1 N–H and O–H groups in total. The van der Waals surface area contributed by atoms with Gasteiger partial charge in [-0.15, -0.1) is 11.3 Å². The number of hydrogen-bond acceptors (Lipinski definition) is 5. The summed E-state index contributed by atoms with van der Waals surface area (Å²) in [5, 5.41) is 4.28. The molecule has 1 unspecified atom stereocenters. The lowest BCUT2D eigenvalue weighted by Crippen LogP contribution is -2.36. The molecule has 3 aromatic rings. The van der Waals surface area contributed by atoms with Gasteiger partial charge < -0.3 is 15.0 Å². The highest BCUT2D eigenvalue weighted by Gasteiger charge is 2.17. The lowest BCUT2D eigenvalue weighted by molar-refractivity contribution is 0.0935. The molecule has 1 aliphatic heterocycles. The molecule has 0 saturated carbocycles.